The molecule has 17 heavy (non-hydrogen) atoms. The minimum Gasteiger partial charge on any atom is -0.454 e. The summed E-state index contributed by atoms with van der Waals surface area (Å²) in [6, 6.07) is 6.35. The van der Waals surface area contributed by atoms with Gasteiger partial charge in [0.1, 0.15) is 0 Å². The van der Waals surface area contributed by atoms with Crippen molar-refractivity contribution in [1.82, 2.24) is 4.90 Å². The summed E-state index contributed by atoms with van der Waals surface area (Å²) >= 11 is 0. The van der Waals surface area contributed by atoms with Gasteiger partial charge in [0.25, 0.3) is 0 Å². The van der Waals surface area contributed by atoms with E-state index in [-0.39, 0.29) is 6.04 Å². The topological polar surface area (TPSA) is 47.7 Å². The lowest BCUT2D eigenvalue weighted by Crippen LogP contribution is -2.25. The minimum absolute atomic E-state index is 0.259. The molecule has 0 bridgehead atoms. The molecule has 2 N–H and O–H groups in total. The molecule has 0 radical (unpaired) electrons. The largest absolute Gasteiger partial charge is 0.454 e. The SMILES string of the molecule is CC(N)CCN(C)Cc1ccc2c(c1)OCO2. The fourth-order valence-electron chi connectivity index (χ4n) is 1.85. The molecule has 0 aromatic heterocycles. The van der Waals surface area contributed by atoms with E-state index in [0.29, 0.717) is 6.79 Å². The molecule has 1 aromatic carbocycles. The van der Waals surface area contributed by atoms with Gasteiger partial charge in [0.15, 0.2) is 11.5 Å². The highest BCUT2D eigenvalue weighted by molar-refractivity contribution is 5.44. The predicted molar refractivity (Wildman–Crippen MR) is 67.2 cm³/mol. The Labute approximate surface area is 102 Å². The van der Waals surface area contributed by atoms with Crippen LogP contribution in [0.5, 0.6) is 11.5 Å². The summed E-state index contributed by atoms with van der Waals surface area (Å²) in [5.41, 5.74) is 6.98. The standard InChI is InChI=1S/C13H20N2O2/c1-10(14)5-6-15(2)8-11-3-4-12-13(7-11)17-9-16-12/h3-4,7,10H,5-6,8-9,14H2,1-2H3. The fourth-order valence-corrected chi connectivity index (χ4v) is 1.85. The molecule has 0 amide bonds. The van der Waals surface area contributed by atoms with E-state index < -0.39 is 0 Å². The van der Waals surface area contributed by atoms with E-state index in [9.17, 15) is 0 Å². The summed E-state index contributed by atoms with van der Waals surface area (Å²) < 4.78 is 10.6. The Bertz CT molecular complexity index is 380. The van der Waals surface area contributed by atoms with Gasteiger partial charge in [-0.05, 0) is 44.6 Å². The van der Waals surface area contributed by atoms with Crippen LogP contribution in [0.1, 0.15) is 18.9 Å². The molecular weight excluding hydrogens is 216 g/mol. The van der Waals surface area contributed by atoms with E-state index in [4.69, 9.17) is 15.2 Å². The van der Waals surface area contributed by atoms with Gasteiger partial charge in [0.05, 0.1) is 0 Å². The normalized spacial score (nSPS) is 15.3. The maximum absolute atomic E-state index is 5.74. The average molecular weight is 236 g/mol. The van der Waals surface area contributed by atoms with E-state index >= 15 is 0 Å². The minimum atomic E-state index is 0.259. The number of ether oxygens (including phenoxy) is 2. The Morgan fingerprint density at radius 1 is 1.35 bits per heavy atom. The highest BCUT2D eigenvalue weighted by Crippen LogP contribution is 2.32. The molecule has 1 heterocycles. The number of nitrogens with zero attached hydrogens (tertiary/aromatic N) is 1. The molecular formula is C13H20N2O2. The van der Waals surface area contributed by atoms with E-state index in [1.54, 1.807) is 0 Å². The number of hydrogen-bond donors (Lipinski definition) is 1. The number of fused-ring (bicyclic) bond motifs is 1. The average Bonchev–Trinajstić information content (AvgIpc) is 2.73. The van der Waals surface area contributed by atoms with Gasteiger partial charge in [-0.15, -0.1) is 0 Å². The van der Waals surface area contributed by atoms with Crippen LogP contribution in [0, 0.1) is 0 Å². The lowest BCUT2D eigenvalue weighted by molar-refractivity contribution is 0.174. The zero-order valence-corrected chi connectivity index (χ0v) is 10.5. The van der Waals surface area contributed by atoms with Crippen molar-refractivity contribution in [3.63, 3.8) is 0 Å². The number of nitrogens with two attached hydrogens (primary N) is 1. The first-order chi connectivity index (χ1) is 8.15. The van der Waals surface area contributed by atoms with Gasteiger partial charge in [0, 0.05) is 12.6 Å². The predicted octanol–water partition coefficient (Wildman–Crippen LogP) is 1.58. The van der Waals surface area contributed by atoms with E-state index in [1.807, 2.05) is 19.1 Å². The molecule has 0 aliphatic carbocycles. The smallest absolute Gasteiger partial charge is 0.231 e. The van der Waals surface area contributed by atoms with Crippen LogP contribution in [0.25, 0.3) is 0 Å². The summed E-state index contributed by atoms with van der Waals surface area (Å²) in [6.07, 6.45) is 1.01. The van der Waals surface area contributed by atoms with Gasteiger partial charge in [-0.25, -0.2) is 0 Å². The molecule has 4 heteroatoms. The summed E-state index contributed by atoms with van der Waals surface area (Å²) in [7, 11) is 2.10. The zero-order chi connectivity index (χ0) is 12.3. The van der Waals surface area contributed by atoms with Gasteiger partial charge in [-0.1, -0.05) is 6.07 Å². The van der Waals surface area contributed by atoms with Crippen molar-refractivity contribution in [2.45, 2.75) is 25.9 Å². The first kappa shape index (κ1) is 12.2. The number of hydrogen-bond acceptors (Lipinski definition) is 4. The molecule has 1 aliphatic rings. The van der Waals surface area contributed by atoms with Crippen LogP contribution in [-0.4, -0.2) is 31.3 Å². The van der Waals surface area contributed by atoms with Crippen molar-refractivity contribution in [1.29, 1.82) is 0 Å². The van der Waals surface area contributed by atoms with Crippen LogP contribution < -0.4 is 15.2 Å². The summed E-state index contributed by atoms with van der Waals surface area (Å²) in [5.74, 6) is 1.69. The Morgan fingerprint density at radius 2 is 2.12 bits per heavy atom. The summed E-state index contributed by atoms with van der Waals surface area (Å²) in [6.45, 7) is 4.28. The van der Waals surface area contributed by atoms with Gasteiger partial charge >= 0.3 is 0 Å². The molecule has 0 spiro atoms. The molecule has 0 saturated heterocycles. The monoisotopic (exact) mass is 236 g/mol. The lowest BCUT2D eigenvalue weighted by atomic mass is 10.2. The Morgan fingerprint density at radius 3 is 2.88 bits per heavy atom. The summed E-state index contributed by atoms with van der Waals surface area (Å²) in [4.78, 5) is 2.26. The molecule has 0 fully saturated rings. The third-order valence-electron chi connectivity index (χ3n) is 2.86. The van der Waals surface area contributed by atoms with Crippen molar-refractivity contribution in [3.05, 3.63) is 23.8 Å². The second-order valence-electron chi connectivity index (χ2n) is 4.69. The highest BCUT2D eigenvalue weighted by atomic mass is 16.7. The zero-order valence-electron chi connectivity index (χ0n) is 10.5. The van der Waals surface area contributed by atoms with Gasteiger partial charge < -0.3 is 20.1 Å². The second-order valence-corrected chi connectivity index (χ2v) is 4.69. The first-order valence-electron chi connectivity index (χ1n) is 5.98. The van der Waals surface area contributed by atoms with Crippen LogP contribution in [0.2, 0.25) is 0 Å². The van der Waals surface area contributed by atoms with Crippen LogP contribution in [0.3, 0.4) is 0 Å². The van der Waals surface area contributed by atoms with Crippen molar-refractivity contribution in [2.24, 2.45) is 5.73 Å². The van der Waals surface area contributed by atoms with Gasteiger partial charge in [-0.2, -0.15) is 0 Å². The Kier molecular flexibility index (Phi) is 3.86. The van der Waals surface area contributed by atoms with Crippen molar-refractivity contribution >= 4 is 0 Å². The van der Waals surface area contributed by atoms with Crippen molar-refractivity contribution in [3.8, 4) is 11.5 Å². The molecule has 1 aromatic rings. The third-order valence-corrected chi connectivity index (χ3v) is 2.86. The number of rotatable bonds is 5. The van der Waals surface area contributed by atoms with Gasteiger partial charge in [0.2, 0.25) is 6.79 Å². The molecule has 94 valence electrons. The number of benzene rings is 1. The van der Waals surface area contributed by atoms with Crippen molar-refractivity contribution in [2.75, 3.05) is 20.4 Å². The van der Waals surface area contributed by atoms with E-state index in [2.05, 4.69) is 18.0 Å². The maximum Gasteiger partial charge on any atom is 0.231 e. The van der Waals surface area contributed by atoms with Crippen LogP contribution in [0.15, 0.2) is 18.2 Å². The van der Waals surface area contributed by atoms with Gasteiger partial charge in [-0.3, -0.25) is 0 Å². The quantitative estimate of drug-likeness (QED) is 0.843. The molecule has 1 atom stereocenters. The van der Waals surface area contributed by atoms with Crippen molar-refractivity contribution < 1.29 is 9.47 Å². The summed E-state index contributed by atoms with van der Waals surface area (Å²) in [5, 5.41) is 0. The molecule has 4 nitrogen and oxygen atoms in total. The van der Waals surface area contributed by atoms with E-state index in [1.165, 1.54) is 5.56 Å². The fraction of sp³-hybridized carbons (Fsp3) is 0.538. The van der Waals surface area contributed by atoms with Crippen LogP contribution in [-0.2, 0) is 6.54 Å². The Balaban J connectivity index is 1.90. The molecule has 1 aliphatic heterocycles. The molecule has 2 rings (SSSR count). The second kappa shape index (κ2) is 5.38. The van der Waals surface area contributed by atoms with Crippen LogP contribution >= 0.6 is 0 Å². The van der Waals surface area contributed by atoms with Crippen LogP contribution in [0.4, 0.5) is 0 Å². The highest BCUT2D eigenvalue weighted by Gasteiger charge is 2.13. The maximum atomic E-state index is 5.74. The lowest BCUT2D eigenvalue weighted by Gasteiger charge is -2.18. The third kappa shape index (κ3) is 3.35. The first-order valence-corrected chi connectivity index (χ1v) is 5.98. The van der Waals surface area contributed by atoms with E-state index in [0.717, 1.165) is 31.0 Å². The molecule has 0 saturated carbocycles. The molecule has 1 unspecified atom stereocenters. The Hall–Kier alpha value is -1.26.